The predicted octanol–water partition coefficient (Wildman–Crippen LogP) is 3.76. The van der Waals surface area contributed by atoms with Gasteiger partial charge in [-0.15, -0.1) is 11.3 Å². The summed E-state index contributed by atoms with van der Waals surface area (Å²) in [6.07, 6.45) is 2.12. The molecular formula is C18H17ClN2O4S. The van der Waals surface area contributed by atoms with Gasteiger partial charge >= 0.3 is 5.97 Å². The van der Waals surface area contributed by atoms with Crippen LogP contribution in [0.25, 0.3) is 10.2 Å². The van der Waals surface area contributed by atoms with E-state index in [-0.39, 0.29) is 17.7 Å². The van der Waals surface area contributed by atoms with Crippen molar-refractivity contribution in [2.45, 2.75) is 19.9 Å². The van der Waals surface area contributed by atoms with Crippen molar-refractivity contribution in [3.63, 3.8) is 0 Å². The number of aryl methyl sites for hydroxylation is 1. The summed E-state index contributed by atoms with van der Waals surface area (Å²) in [5.74, 6) is 0.222. The molecule has 6 nitrogen and oxygen atoms in total. The van der Waals surface area contributed by atoms with E-state index in [0.29, 0.717) is 34.8 Å². The van der Waals surface area contributed by atoms with Crippen molar-refractivity contribution < 1.29 is 14.3 Å². The molecule has 0 saturated heterocycles. The number of ether oxygens (including phenoxy) is 2. The predicted molar refractivity (Wildman–Crippen MR) is 101 cm³/mol. The Balaban J connectivity index is 1.69. The summed E-state index contributed by atoms with van der Waals surface area (Å²) in [7, 11) is 0. The van der Waals surface area contributed by atoms with Gasteiger partial charge in [-0.05, 0) is 37.6 Å². The van der Waals surface area contributed by atoms with Crippen molar-refractivity contribution in [1.29, 1.82) is 0 Å². The molecule has 8 heteroatoms. The highest BCUT2D eigenvalue weighted by molar-refractivity contribution is 7.17. The van der Waals surface area contributed by atoms with Crippen LogP contribution >= 0.6 is 22.9 Å². The maximum absolute atomic E-state index is 12.7. The van der Waals surface area contributed by atoms with Gasteiger partial charge in [0, 0.05) is 16.9 Å². The molecule has 3 aromatic rings. The Bertz CT molecular complexity index is 965. The summed E-state index contributed by atoms with van der Waals surface area (Å²) in [4.78, 5) is 29.5. The molecule has 0 spiro atoms. The van der Waals surface area contributed by atoms with Gasteiger partial charge in [0.2, 0.25) is 0 Å². The Kier molecular flexibility index (Phi) is 5.90. The number of thiophene rings is 1. The molecule has 0 saturated carbocycles. The monoisotopic (exact) mass is 392 g/mol. The maximum Gasteiger partial charge on any atom is 0.339 e. The summed E-state index contributed by atoms with van der Waals surface area (Å²) in [6.45, 7) is 2.87. The number of esters is 1. The summed E-state index contributed by atoms with van der Waals surface area (Å²) in [5, 5.41) is 2.58. The molecular weight excluding hydrogens is 376 g/mol. The molecule has 2 heterocycles. The van der Waals surface area contributed by atoms with E-state index in [9.17, 15) is 9.59 Å². The maximum atomic E-state index is 12.7. The molecule has 1 aromatic carbocycles. The first-order valence-corrected chi connectivity index (χ1v) is 9.38. The summed E-state index contributed by atoms with van der Waals surface area (Å²) >= 11 is 7.09. The lowest BCUT2D eigenvalue weighted by Gasteiger charge is -2.08. The van der Waals surface area contributed by atoms with Crippen LogP contribution in [0, 0.1) is 0 Å². The molecule has 0 amide bonds. The molecule has 0 aliphatic carbocycles. The van der Waals surface area contributed by atoms with Gasteiger partial charge in [0.1, 0.15) is 10.6 Å². The zero-order chi connectivity index (χ0) is 18.5. The van der Waals surface area contributed by atoms with Gasteiger partial charge in [-0.2, -0.15) is 0 Å². The first-order valence-electron chi connectivity index (χ1n) is 8.12. The molecule has 0 aliphatic heterocycles. The van der Waals surface area contributed by atoms with Crippen LogP contribution in [0.2, 0.25) is 5.02 Å². The fourth-order valence-corrected chi connectivity index (χ4v) is 3.43. The number of fused-ring (bicyclic) bond motifs is 1. The van der Waals surface area contributed by atoms with Crippen molar-refractivity contribution in [2.75, 3.05) is 13.2 Å². The Hall–Kier alpha value is -2.38. The lowest BCUT2D eigenvalue weighted by Crippen LogP contribution is -2.22. The Morgan fingerprint density at radius 1 is 1.31 bits per heavy atom. The van der Waals surface area contributed by atoms with Crippen LogP contribution in [0.3, 0.4) is 0 Å². The van der Waals surface area contributed by atoms with Gasteiger partial charge in [-0.1, -0.05) is 11.6 Å². The second-order valence-corrected chi connectivity index (χ2v) is 6.74. The number of aromatic nitrogens is 2. The molecule has 0 atom stereocenters. The molecule has 0 fully saturated rings. The number of carbonyl (C=O) groups excluding carboxylic acids is 1. The minimum atomic E-state index is -0.499. The van der Waals surface area contributed by atoms with Crippen LogP contribution < -0.4 is 10.3 Å². The number of carbonyl (C=O) groups is 1. The number of nitrogens with zero attached hydrogens (tertiary/aromatic N) is 2. The van der Waals surface area contributed by atoms with E-state index >= 15 is 0 Å². The molecule has 2 aromatic heterocycles. The normalized spacial score (nSPS) is 10.8. The average Bonchev–Trinajstić information content (AvgIpc) is 3.07. The summed E-state index contributed by atoms with van der Waals surface area (Å²) < 4.78 is 12.1. The number of rotatable bonds is 7. The van der Waals surface area contributed by atoms with Crippen LogP contribution in [0.5, 0.6) is 5.75 Å². The minimum absolute atomic E-state index is 0.245. The van der Waals surface area contributed by atoms with Crippen LogP contribution in [-0.4, -0.2) is 28.7 Å². The topological polar surface area (TPSA) is 70.4 Å². The van der Waals surface area contributed by atoms with Gasteiger partial charge < -0.3 is 9.47 Å². The van der Waals surface area contributed by atoms with Crippen molar-refractivity contribution in [3.05, 3.63) is 56.9 Å². The molecule has 0 unspecified atom stereocenters. The van der Waals surface area contributed by atoms with E-state index in [1.165, 1.54) is 22.2 Å². The molecule has 0 aliphatic rings. The standard InChI is InChI=1S/C18H17ClN2O4S/c1-2-24-18(23)14-10-26-16-15(14)17(22)21(11-20-16)8-3-9-25-13-6-4-12(19)5-7-13/h4-7,10-11H,2-3,8-9H2,1H3. The van der Waals surface area contributed by atoms with Crippen molar-refractivity contribution in [3.8, 4) is 5.75 Å². The molecule has 0 radical (unpaired) electrons. The third kappa shape index (κ3) is 4.05. The fourth-order valence-electron chi connectivity index (χ4n) is 2.44. The van der Waals surface area contributed by atoms with Gasteiger partial charge in [0.05, 0.1) is 30.5 Å². The second kappa shape index (κ2) is 8.33. The first-order chi connectivity index (χ1) is 12.6. The van der Waals surface area contributed by atoms with Crippen molar-refractivity contribution in [2.24, 2.45) is 0 Å². The van der Waals surface area contributed by atoms with Gasteiger partial charge in [-0.3, -0.25) is 9.36 Å². The lowest BCUT2D eigenvalue weighted by atomic mass is 10.2. The summed E-state index contributed by atoms with van der Waals surface area (Å²) in [6, 6.07) is 7.09. The highest BCUT2D eigenvalue weighted by Crippen LogP contribution is 2.21. The smallest absolute Gasteiger partial charge is 0.339 e. The van der Waals surface area contributed by atoms with E-state index in [2.05, 4.69) is 4.98 Å². The molecule has 26 heavy (non-hydrogen) atoms. The van der Waals surface area contributed by atoms with E-state index in [0.717, 1.165) is 5.75 Å². The number of benzene rings is 1. The zero-order valence-corrected chi connectivity index (χ0v) is 15.7. The van der Waals surface area contributed by atoms with E-state index < -0.39 is 5.97 Å². The van der Waals surface area contributed by atoms with Crippen LogP contribution in [0.1, 0.15) is 23.7 Å². The van der Waals surface area contributed by atoms with Crippen LogP contribution in [0.4, 0.5) is 0 Å². The van der Waals surface area contributed by atoms with Gasteiger partial charge in [0.25, 0.3) is 5.56 Å². The molecule has 0 N–H and O–H groups in total. The zero-order valence-electron chi connectivity index (χ0n) is 14.1. The highest BCUT2D eigenvalue weighted by atomic mass is 35.5. The minimum Gasteiger partial charge on any atom is -0.494 e. The molecule has 0 bridgehead atoms. The highest BCUT2D eigenvalue weighted by Gasteiger charge is 2.18. The van der Waals surface area contributed by atoms with E-state index in [1.54, 1.807) is 36.6 Å². The molecule has 3 rings (SSSR count). The SMILES string of the molecule is CCOC(=O)c1csc2ncn(CCCOc3ccc(Cl)cc3)c(=O)c12. The number of hydrogen-bond acceptors (Lipinski definition) is 6. The third-order valence-electron chi connectivity index (χ3n) is 3.68. The average molecular weight is 393 g/mol. The van der Waals surface area contributed by atoms with Crippen LogP contribution in [-0.2, 0) is 11.3 Å². The second-order valence-electron chi connectivity index (χ2n) is 5.45. The number of hydrogen-bond donors (Lipinski definition) is 0. The van der Waals surface area contributed by atoms with Gasteiger partial charge in [0.15, 0.2) is 0 Å². The van der Waals surface area contributed by atoms with E-state index in [1.807, 2.05) is 0 Å². The van der Waals surface area contributed by atoms with E-state index in [4.69, 9.17) is 21.1 Å². The van der Waals surface area contributed by atoms with Crippen LogP contribution in [0.15, 0.2) is 40.8 Å². The third-order valence-corrected chi connectivity index (χ3v) is 4.82. The first kappa shape index (κ1) is 18.4. The van der Waals surface area contributed by atoms with Crippen molar-refractivity contribution >= 4 is 39.1 Å². The van der Waals surface area contributed by atoms with Gasteiger partial charge in [-0.25, -0.2) is 9.78 Å². The lowest BCUT2D eigenvalue weighted by molar-refractivity contribution is 0.0529. The number of halogens is 1. The Morgan fingerprint density at radius 2 is 2.08 bits per heavy atom. The Morgan fingerprint density at radius 3 is 2.81 bits per heavy atom. The quantitative estimate of drug-likeness (QED) is 0.452. The largest absolute Gasteiger partial charge is 0.494 e. The molecule has 136 valence electrons. The Labute approximate surface area is 159 Å². The summed E-state index contributed by atoms with van der Waals surface area (Å²) in [5.41, 5.74) is 0.0295. The van der Waals surface area contributed by atoms with Crippen molar-refractivity contribution in [1.82, 2.24) is 9.55 Å². The fraction of sp³-hybridized carbons (Fsp3) is 0.278.